The molecule has 4 rings (SSSR count). The predicted molar refractivity (Wildman–Crippen MR) is 105 cm³/mol. The summed E-state index contributed by atoms with van der Waals surface area (Å²) >= 11 is 0. The van der Waals surface area contributed by atoms with Crippen LogP contribution in [0.4, 0.5) is 0 Å². The molecule has 0 saturated carbocycles. The number of hydrogen-bond acceptors (Lipinski definition) is 3. The highest BCUT2D eigenvalue weighted by Gasteiger charge is 2.30. The number of hydrogen-bond donors (Lipinski definition) is 0. The van der Waals surface area contributed by atoms with Gasteiger partial charge in [-0.15, -0.1) is 0 Å². The Balaban J connectivity index is 1.39. The Kier molecular flexibility index (Phi) is 5.19. The highest BCUT2D eigenvalue weighted by Crippen LogP contribution is 2.29. The van der Waals surface area contributed by atoms with E-state index in [1.165, 1.54) is 5.57 Å². The van der Waals surface area contributed by atoms with E-state index in [0.29, 0.717) is 5.92 Å². The van der Waals surface area contributed by atoms with Crippen LogP contribution in [0.5, 0.6) is 0 Å². The van der Waals surface area contributed by atoms with Gasteiger partial charge in [0.15, 0.2) is 0 Å². The summed E-state index contributed by atoms with van der Waals surface area (Å²) in [6.45, 7) is 4.41. The van der Waals surface area contributed by atoms with E-state index in [0.717, 1.165) is 50.4 Å². The summed E-state index contributed by atoms with van der Waals surface area (Å²) in [4.78, 5) is 23.9. The van der Waals surface area contributed by atoms with Crippen LogP contribution >= 0.6 is 0 Å². The van der Waals surface area contributed by atoms with Crippen molar-refractivity contribution in [2.24, 2.45) is 5.92 Å². The monoisotopic (exact) mass is 362 g/mol. The van der Waals surface area contributed by atoms with E-state index in [4.69, 9.17) is 0 Å². The molecule has 2 aromatic rings. The Labute approximate surface area is 160 Å². The highest BCUT2D eigenvalue weighted by molar-refractivity contribution is 5.83. The van der Waals surface area contributed by atoms with Gasteiger partial charge in [0, 0.05) is 37.6 Å². The molecular weight excluding hydrogens is 336 g/mol. The van der Waals surface area contributed by atoms with Gasteiger partial charge < -0.3 is 9.47 Å². The maximum Gasteiger partial charge on any atom is 0.233 e. The second kappa shape index (κ2) is 7.91. The van der Waals surface area contributed by atoms with E-state index in [-0.39, 0.29) is 11.8 Å². The summed E-state index contributed by atoms with van der Waals surface area (Å²) in [6.07, 6.45) is 14.9. The van der Waals surface area contributed by atoms with Crippen molar-refractivity contribution in [3.05, 3.63) is 72.1 Å². The standard InChI is InChI=1S/C22H26N4O/c1-17-6-2-3-8-20(17)22(27)25-13-9-18(10-14-25)21-24-12-15-26(21)16-19-7-4-5-11-23-19/h3-8,11-12,15,18,20H,2,9-10,13-14,16H2,1H3. The summed E-state index contributed by atoms with van der Waals surface area (Å²) in [7, 11) is 0. The molecule has 1 fully saturated rings. The van der Waals surface area contributed by atoms with Crippen molar-refractivity contribution in [2.45, 2.75) is 38.6 Å². The van der Waals surface area contributed by atoms with Crippen LogP contribution in [-0.4, -0.2) is 38.4 Å². The van der Waals surface area contributed by atoms with E-state index >= 15 is 0 Å². The van der Waals surface area contributed by atoms with Crippen molar-refractivity contribution in [1.82, 2.24) is 19.4 Å². The molecule has 1 aliphatic carbocycles. The van der Waals surface area contributed by atoms with Gasteiger partial charge >= 0.3 is 0 Å². The average Bonchev–Trinajstić information content (AvgIpc) is 3.17. The fraction of sp³-hybridized carbons (Fsp3) is 0.409. The number of pyridine rings is 1. The van der Waals surface area contributed by atoms with Crippen molar-refractivity contribution in [3.63, 3.8) is 0 Å². The Morgan fingerprint density at radius 3 is 2.78 bits per heavy atom. The summed E-state index contributed by atoms with van der Waals surface area (Å²) in [5.74, 6) is 1.68. The number of amides is 1. The second-order valence-electron chi connectivity index (χ2n) is 7.42. The minimum absolute atomic E-state index is 0.0681. The van der Waals surface area contributed by atoms with Crippen molar-refractivity contribution < 1.29 is 4.79 Å². The third-order valence-corrected chi connectivity index (χ3v) is 5.64. The van der Waals surface area contributed by atoms with Gasteiger partial charge in [-0.2, -0.15) is 0 Å². The van der Waals surface area contributed by atoms with E-state index in [9.17, 15) is 4.79 Å². The van der Waals surface area contributed by atoms with Gasteiger partial charge in [0.2, 0.25) is 5.91 Å². The van der Waals surface area contributed by atoms with E-state index in [2.05, 4.69) is 39.7 Å². The van der Waals surface area contributed by atoms with Crippen LogP contribution in [0.1, 0.15) is 43.6 Å². The number of allylic oxidation sites excluding steroid dienone is 2. The predicted octanol–water partition coefficient (Wildman–Crippen LogP) is 3.55. The number of imidazole rings is 1. The topological polar surface area (TPSA) is 51.0 Å². The first kappa shape index (κ1) is 17.7. The molecule has 2 aromatic heterocycles. The quantitative estimate of drug-likeness (QED) is 0.782. The van der Waals surface area contributed by atoms with Crippen LogP contribution < -0.4 is 0 Å². The largest absolute Gasteiger partial charge is 0.342 e. The molecule has 0 bridgehead atoms. The first-order valence-electron chi connectivity index (χ1n) is 9.75. The highest BCUT2D eigenvalue weighted by atomic mass is 16.2. The average molecular weight is 362 g/mol. The lowest BCUT2D eigenvalue weighted by Crippen LogP contribution is -2.41. The van der Waals surface area contributed by atoms with E-state index in [1.807, 2.05) is 41.7 Å². The molecule has 0 aromatic carbocycles. The Bertz CT molecular complexity index is 844. The summed E-state index contributed by atoms with van der Waals surface area (Å²) < 4.78 is 2.20. The third-order valence-electron chi connectivity index (χ3n) is 5.64. The van der Waals surface area contributed by atoms with Crippen molar-refractivity contribution >= 4 is 5.91 Å². The Morgan fingerprint density at radius 1 is 1.19 bits per heavy atom. The number of rotatable bonds is 4. The molecule has 0 radical (unpaired) electrons. The number of nitrogens with zero attached hydrogens (tertiary/aromatic N) is 4. The minimum Gasteiger partial charge on any atom is -0.342 e. The van der Waals surface area contributed by atoms with Gasteiger partial charge in [0.25, 0.3) is 0 Å². The lowest BCUT2D eigenvalue weighted by molar-refractivity contribution is -0.134. The zero-order valence-corrected chi connectivity index (χ0v) is 15.8. The van der Waals surface area contributed by atoms with Gasteiger partial charge in [0.1, 0.15) is 5.82 Å². The summed E-state index contributed by atoms with van der Waals surface area (Å²) in [5.41, 5.74) is 2.21. The fourth-order valence-corrected chi connectivity index (χ4v) is 4.06. The molecule has 3 heterocycles. The van der Waals surface area contributed by atoms with Crippen LogP contribution in [0.25, 0.3) is 0 Å². The number of aromatic nitrogens is 3. The number of piperidine rings is 1. The molecule has 1 saturated heterocycles. The lowest BCUT2D eigenvalue weighted by Gasteiger charge is -2.34. The third kappa shape index (κ3) is 3.87. The molecule has 27 heavy (non-hydrogen) atoms. The Morgan fingerprint density at radius 2 is 2.04 bits per heavy atom. The molecule has 1 unspecified atom stereocenters. The number of likely N-dealkylation sites (tertiary alicyclic amines) is 1. The zero-order chi connectivity index (χ0) is 18.6. The molecular formula is C22H26N4O. The van der Waals surface area contributed by atoms with Gasteiger partial charge in [0.05, 0.1) is 18.2 Å². The van der Waals surface area contributed by atoms with Crippen molar-refractivity contribution in [1.29, 1.82) is 0 Å². The molecule has 0 spiro atoms. The molecule has 0 N–H and O–H groups in total. The molecule has 5 nitrogen and oxygen atoms in total. The van der Waals surface area contributed by atoms with Crippen LogP contribution in [0, 0.1) is 5.92 Å². The van der Waals surface area contributed by atoms with Gasteiger partial charge in [-0.25, -0.2) is 4.98 Å². The fourth-order valence-electron chi connectivity index (χ4n) is 4.06. The first-order valence-corrected chi connectivity index (χ1v) is 9.75. The summed E-state index contributed by atoms with van der Waals surface area (Å²) in [6, 6.07) is 5.99. The molecule has 2 aliphatic rings. The van der Waals surface area contributed by atoms with Crippen LogP contribution in [0.3, 0.4) is 0 Å². The van der Waals surface area contributed by atoms with Gasteiger partial charge in [-0.05, 0) is 38.3 Å². The number of carbonyl (C=O) groups excluding carboxylic acids is 1. The van der Waals surface area contributed by atoms with E-state index in [1.54, 1.807) is 0 Å². The SMILES string of the molecule is CC1=CCC=CC1C(=O)N1CCC(c2nccn2Cc2ccccn2)CC1. The molecule has 1 atom stereocenters. The van der Waals surface area contributed by atoms with Crippen molar-refractivity contribution in [2.75, 3.05) is 13.1 Å². The molecule has 5 heteroatoms. The van der Waals surface area contributed by atoms with Crippen LogP contribution in [-0.2, 0) is 11.3 Å². The molecule has 1 amide bonds. The van der Waals surface area contributed by atoms with Gasteiger partial charge in [-0.3, -0.25) is 9.78 Å². The second-order valence-corrected chi connectivity index (χ2v) is 7.42. The van der Waals surface area contributed by atoms with Gasteiger partial charge in [-0.1, -0.05) is 29.9 Å². The van der Waals surface area contributed by atoms with E-state index < -0.39 is 0 Å². The minimum atomic E-state index is -0.0681. The van der Waals surface area contributed by atoms with Crippen LogP contribution in [0.2, 0.25) is 0 Å². The Hall–Kier alpha value is -2.69. The maximum atomic E-state index is 12.9. The molecule has 140 valence electrons. The summed E-state index contributed by atoms with van der Waals surface area (Å²) in [5, 5.41) is 0. The maximum absolute atomic E-state index is 12.9. The van der Waals surface area contributed by atoms with Crippen LogP contribution in [0.15, 0.2) is 60.6 Å². The smallest absolute Gasteiger partial charge is 0.233 e. The normalized spacial score (nSPS) is 20.6. The zero-order valence-electron chi connectivity index (χ0n) is 15.8. The first-order chi connectivity index (χ1) is 13.2. The number of carbonyl (C=O) groups is 1. The molecule has 1 aliphatic heterocycles. The van der Waals surface area contributed by atoms with Crippen molar-refractivity contribution in [3.8, 4) is 0 Å². The lowest BCUT2D eigenvalue weighted by atomic mass is 9.90.